The number of aromatic nitrogens is 2. The van der Waals surface area contributed by atoms with E-state index in [1.54, 1.807) is 6.20 Å². The molecule has 0 aliphatic carbocycles. The second-order valence-corrected chi connectivity index (χ2v) is 17.3. The summed E-state index contributed by atoms with van der Waals surface area (Å²) in [4.78, 5) is 9.09. The van der Waals surface area contributed by atoms with Crippen molar-refractivity contribution in [3.05, 3.63) is 150 Å². The van der Waals surface area contributed by atoms with Crippen LogP contribution in [0.25, 0.3) is 44.5 Å². The minimum absolute atomic E-state index is 0. The number of hydrogen-bond acceptors (Lipinski definition) is 3. The Balaban J connectivity index is 0.000000188. The molecule has 0 spiro atoms. The minimum atomic E-state index is -1.76. The monoisotopic (exact) mass is 798 g/mol. The second kappa shape index (κ2) is 14.5. The van der Waals surface area contributed by atoms with Crippen molar-refractivity contribution in [2.24, 2.45) is 0 Å². The molecule has 0 N–H and O–H groups in total. The molecule has 7 rings (SSSR count). The van der Waals surface area contributed by atoms with Crippen LogP contribution < -0.4 is 5.19 Å². The summed E-state index contributed by atoms with van der Waals surface area (Å²) < 4.78 is 31.9. The van der Waals surface area contributed by atoms with Crippen LogP contribution in [0.3, 0.4) is 0 Å². The number of rotatable bonds is 6. The quantitative estimate of drug-likeness (QED) is 0.124. The molecular formula is C41H38IrN2OSi-2. The van der Waals surface area contributed by atoms with Crippen LogP contribution in [0.2, 0.25) is 19.6 Å². The van der Waals surface area contributed by atoms with Gasteiger partial charge in [0.1, 0.15) is 5.58 Å². The van der Waals surface area contributed by atoms with Gasteiger partial charge in [0, 0.05) is 42.0 Å². The van der Waals surface area contributed by atoms with Gasteiger partial charge in [0.15, 0.2) is 0 Å². The SMILES string of the molecule is [2H]C(C)(C)c1ccnc(-c2[c-]ccc3c2oc2ccccc23)c1.[2H]C([2H])(c1ccccc1)c1cc(-c2[c-]cccc2)ncc1[Si](C)(C)C.[Ir]. The third-order valence-corrected chi connectivity index (χ3v) is 9.70. The first-order chi connectivity index (χ1) is 22.8. The molecule has 0 bridgehead atoms. The van der Waals surface area contributed by atoms with Gasteiger partial charge in [0.2, 0.25) is 0 Å². The van der Waals surface area contributed by atoms with Gasteiger partial charge >= 0.3 is 0 Å². The zero-order chi connectivity index (χ0) is 34.1. The molecule has 1 radical (unpaired) electrons. The van der Waals surface area contributed by atoms with E-state index in [1.807, 2.05) is 123 Å². The van der Waals surface area contributed by atoms with E-state index in [4.69, 9.17) is 8.53 Å². The molecule has 0 atom stereocenters. The Hall–Kier alpha value is -4.15. The van der Waals surface area contributed by atoms with E-state index in [9.17, 15) is 0 Å². The summed E-state index contributed by atoms with van der Waals surface area (Å²) >= 11 is 0. The summed E-state index contributed by atoms with van der Waals surface area (Å²) in [6, 6.07) is 41.2. The van der Waals surface area contributed by atoms with Crippen molar-refractivity contribution in [1.82, 2.24) is 9.97 Å². The number of fused-ring (bicyclic) bond motifs is 3. The second-order valence-electron chi connectivity index (χ2n) is 12.3. The fraction of sp³-hybridized carbons (Fsp3) is 0.171. The molecule has 3 aromatic heterocycles. The molecule has 0 aliphatic rings. The summed E-state index contributed by atoms with van der Waals surface area (Å²) in [7, 11) is -1.76. The Labute approximate surface area is 291 Å². The fourth-order valence-corrected chi connectivity index (χ4v) is 6.69. The maximum absolute atomic E-state index is 8.84. The van der Waals surface area contributed by atoms with Gasteiger partial charge in [0.05, 0.1) is 13.7 Å². The van der Waals surface area contributed by atoms with Crippen LogP contribution in [0.1, 0.15) is 40.5 Å². The van der Waals surface area contributed by atoms with E-state index in [-0.39, 0.29) is 20.1 Å². The van der Waals surface area contributed by atoms with E-state index in [0.29, 0.717) is 5.56 Å². The van der Waals surface area contributed by atoms with Crippen molar-refractivity contribution in [2.75, 3.05) is 0 Å². The maximum Gasteiger partial charge on any atom is 0.120 e. The zero-order valence-corrected chi connectivity index (χ0v) is 30.1. The maximum atomic E-state index is 8.84. The van der Waals surface area contributed by atoms with Gasteiger partial charge in [-0.3, -0.25) is 0 Å². The molecule has 0 aliphatic heterocycles. The van der Waals surface area contributed by atoms with Crippen LogP contribution in [0.15, 0.2) is 126 Å². The molecule has 5 heteroatoms. The average Bonchev–Trinajstić information content (AvgIpc) is 3.47. The Morgan fingerprint density at radius 1 is 0.804 bits per heavy atom. The standard InChI is InChI=1S/C21H22NSi.C20H16NO.Ir/c1-23(2,3)21-16-22-20(18-12-8-5-9-13-18)15-19(21)14-17-10-6-4-7-11-17;1-13(2)14-10-11-21-18(12-14)17-8-5-7-16-15-6-3-4-9-19(15)22-20(16)17;/h4-12,15-16H,14H2,1-3H3;3-7,9-13H,1-2H3;/q2*-1;/i14D2;13D;. The number of pyridine rings is 2. The predicted molar refractivity (Wildman–Crippen MR) is 191 cm³/mol. The summed E-state index contributed by atoms with van der Waals surface area (Å²) in [6.45, 7) is 10.4. The number of furan rings is 1. The Morgan fingerprint density at radius 3 is 2.30 bits per heavy atom. The van der Waals surface area contributed by atoms with Crippen molar-refractivity contribution < 1.29 is 28.6 Å². The molecule has 0 fully saturated rings. The van der Waals surface area contributed by atoms with Crippen molar-refractivity contribution >= 4 is 35.2 Å². The smallest absolute Gasteiger partial charge is 0.120 e. The van der Waals surface area contributed by atoms with Crippen LogP contribution in [0, 0.1) is 12.1 Å². The molecular weight excluding hydrogens is 757 g/mol. The molecule has 233 valence electrons. The van der Waals surface area contributed by atoms with Crippen LogP contribution in [0.5, 0.6) is 0 Å². The molecule has 4 aromatic carbocycles. The van der Waals surface area contributed by atoms with Gasteiger partial charge in [-0.1, -0.05) is 116 Å². The zero-order valence-electron chi connectivity index (χ0n) is 29.7. The number of benzene rings is 4. The van der Waals surface area contributed by atoms with Gasteiger partial charge < -0.3 is 14.4 Å². The molecule has 0 saturated carbocycles. The van der Waals surface area contributed by atoms with E-state index >= 15 is 0 Å². The molecule has 0 amide bonds. The van der Waals surface area contributed by atoms with Crippen LogP contribution in [0.4, 0.5) is 0 Å². The van der Waals surface area contributed by atoms with Crippen LogP contribution in [-0.2, 0) is 26.5 Å². The van der Waals surface area contributed by atoms with Gasteiger partial charge in [-0.25, -0.2) is 0 Å². The topological polar surface area (TPSA) is 38.9 Å². The number of nitrogens with zero attached hydrogens (tertiary/aromatic N) is 2. The fourth-order valence-electron chi connectivity index (χ4n) is 5.29. The van der Waals surface area contributed by atoms with Gasteiger partial charge in [-0.15, -0.1) is 54.1 Å². The molecule has 0 saturated heterocycles. The van der Waals surface area contributed by atoms with E-state index in [0.717, 1.165) is 60.8 Å². The predicted octanol–water partition coefficient (Wildman–Crippen LogP) is 10.3. The van der Waals surface area contributed by atoms with Gasteiger partial charge in [0.25, 0.3) is 0 Å². The first kappa shape index (κ1) is 29.3. The Bertz CT molecular complexity index is 2190. The first-order valence-electron chi connectivity index (χ1n) is 16.7. The Kier molecular flexibility index (Phi) is 9.23. The average molecular weight is 798 g/mol. The Morgan fingerprint density at radius 2 is 1.57 bits per heavy atom. The first-order valence-corrected chi connectivity index (χ1v) is 18.7. The largest absolute Gasteiger partial charge is 0.501 e. The molecule has 3 nitrogen and oxygen atoms in total. The van der Waals surface area contributed by atoms with Gasteiger partial charge in [-0.2, -0.15) is 0 Å². The van der Waals surface area contributed by atoms with Crippen LogP contribution >= 0.6 is 0 Å². The molecule has 3 heterocycles. The number of hydrogen-bond donors (Lipinski definition) is 0. The summed E-state index contributed by atoms with van der Waals surface area (Å²) in [6.07, 6.45) is 2.05. The van der Waals surface area contributed by atoms with Crippen molar-refractivity contribution in [3.63, 3.8) is 0 Å². The molecule has 46 heavy (non-hydrogen) atoms. The third kappa shape index (κ3) is 7.45. The summed E-state index contributed by atoms with van der Waals surface area (Å²) in [5, 5.41) is 3.21. The van der Waals surface area contributed by atoms with Crippen molar-refractivity contribution in [3.8, 4) is 22.5 Å². The van der Waals surface area contributed by atoms with E-state index < -0.39 is 20.3 Å². The van der Waals surface area contributed by atoms with Crippen molar-refractivity contribution in [1.29, 1.82) is 0 Å². The van der Waals surface area contributed by atoms with Gasteiger partial charge in [-0.05, 0) is 46.5 Å². The minimum Gasteiger partial charge on any atom is -0.501 e. The van der Waals surface area contributed by atoms with E-state index in [1.165, 1.54) is 0 Å². The summed E-state index contributed by atoms with van der Waals surface area (Å²) in [5.74, 6) is -0.667. The van der Waals surface area contributed by atoms with Crippen molar-refractivity contribution in [2.45, 2.75) is 45.8 Å². The molecule has 0 unspecified atom stereocenters. The third-order valence-electron chi connectivity index (χ3n) is 7.68. The summed E-state index contributed by atoms with van der Waals surface area (Å²) in [5.41, 5.74) is 7.23. The van der Waals surface area contributed by atoms with Crippen LogP contribution in [-0.4, -0.2) is 18.0 Å². The number of para-hydroxylation sites is 1. The normalized spacial score (nSPS) is 12.8. The molecule has 7 aromatic rings. The van der Waals surface area contributed by atoms with E-state index in [2.05, 4.69) is 47.8 Å².